The predicted molar refractivity (Wildman–Crippen MR) is 72.2 cm³/mol. The number of hydrogen-bond donors (Lipinski definition) is 3. The van der Waals surface area contributed by atoms with Crippen LogP contribution in [0, 0.1) is 10.1 Å². The highest BCUT2D eigenvalue weighted by Crippen LogP contribution is 2.14. The first-order chi connectivity index (χ1) is 9.17. The van der Waals surface area contributed by atoms with Crippen molar-refractivity contribution in [3.05, 3.63) is 34.4 Å². The molecule has 7 nitrogen and oxygen atoms in total. The molecule has 0 unspecified atom stereocenters. The number of aliphatic hydroxyl groups excluding tert-OH is 2. The Labute approximate surface area is 111 Å². The fourth-order valence-electron chi connectivity index (χ4n) is 1.68. The topological polar surface area (TPSA) is 98.9 Å². The molecule has 0 spiro atoms. The van der Waals surface area contributed by atoms with Gasteiger partial charge >= 0.3 is 0 Å². The zero-order valence-corrected chi connectivity index (χ0v) is 10.7. The number of benzene rings is 1. The minimum Gasteiger partial charge on any atom is -0.395 e. The van der Waals surface area contributed by atoms with Gasteiger partial charge in [0.25, 0.3) is 5.69 Å². The Kier molecular flexibility index (Phi) is 6.80. The van der Waals surface area contributed by atoms with Crippen molar-refractivity contribution in [2.24, 2.45) is 0 Å². The number of nitrogens with zero attached hydrogens (tertiary/aromatic N) is 2. The summed E-state index contributed by atoms with van der Waals surface area (Å²) >= 11 is 0. The molecule has 1 aromatic rings. The largest absolute Gasteiger partial charge is 0.395 e. The molecule has 0 heterocycles. The van der Waals surface area contributed by atoms with Crippen LogP contribution in [0.2, 0.25) is 0 Å². The maximum Gasteiger partial charge on any atom is 0.269 e. The summed E-state index contributed by atoms with van der Waals surface area (Å²) in [6.07, 6.45) is 0. The summed E-state index contributed by atoms with van der Waals surface area (Å²) in [6.45, 7) is 2.45. The van der Waals surface area contributed by atoms with Gasteiger partial charge in [0, 0.05) is 44.0 Å². The van der Waals surface area contributed by atoms with Crippen molar-refractivity contribution in [2.75, 3.05) is 44.7 Å². The Morgan fingerprint density at radius 1 is 1.11 bits per heavy atom. The van der Waals surface area contributed by atoms with Crippen LogP contribution < -0.4 is 5.32 Å². The lowest BCUT2D eigenvalue weighted by atomic mass is 10.3. The Morgan fingerprint density at radius 3 is 2.16 bits per heavy atom. The van der Waals surface area contributed by atoms with E-state index in [2.05, 4.69) is 5.32 Å². The highest BCUT2D eigenvalue weighted by Gasteiger charge is 2.05. The molecule has 106 valence electrons. The maximum atomic E-state index is 10.5. The summed E-state index contributed by atoms with van der Waals surface area (Å²) in [5, 5.41) is 31.3. The molecule has 3 N–H and O–H groups in total. The molecule has 0 aliphatic carbocycles. The molecule has 0 aliphatic rings. The third-order valence-electron chi connectivity index (χ3n) is 2.67. The van der Waals surface area contributed by atoms with Gasteiger partial charge in [0.05, 0.1) is 18.1 Å². The second-order valence-electron chi connectivity index (χ2n) is 4.02. The van der Waals surface area contributed by atoms with E-state index < -0.39 is 4.92 Å². The van der Waals surface area contributed by atoms with Gasteiger partial charge in [-0.25, -0.2) is 0 Å². The molecule has 0 fully saturated rings. The van der Waals surface area contributed by atoms with Crippen molar-refractivity contribution in [3.8, 4) is 0 Å². The second kappa shape index (κ2) is 8.41. The minimum atomic E-state index is -0.436. The lowest BCUT2D eigenvalue weighted by molar-refractivity contribution is -0.384. The van der Waals surface area contributed by atoms with E-state index in [1.54, 1.807) is 12.1 Å². The lowest BCUT2D eigenvalue weighted by Crippen LogP contribution is -2.34. The molecule has 0 aliphatic heterocycles. The Balaban J connectivity index is 2.37. The van der Waals surface area contributed by atoms with Crippen LogP contribution in [0.4, 0.5) is 11.4 Å². The molecular weight excluding hydrogens is 250 g/mol. The van der Waals surface area contributed by atoms with Crippen molar-refractivity contribution in [2.45, 2.75) is 0 Å². The highest BCUT2D eigenvalue weighted by atomic mass is 16.6. The summed E-state index contributed by atoms with van der Waals surface area (Å²) < 4.78 is 0. The molecule has 19 heavy (non-hydrogen) atoms. The second-order valence-corrected chi connectivity index (χ2v) is 4.02. The third kappa shape index (κ3) is 5.64. The molecule has 1 rings (SSSR count). The summed E-state index contributed by atoms with van der Waals surface area (Å²) in [4.78, 5) is 12.0. The fourth-order valence-corrected chi connectivity index (χ4v) is 1.68. The van der Waals surface area contributed by atoms with Gasteiger partial charge in [-0.05, 0) is 12.1 Å². The molecule has 0 radical (unpaired) electrons. The summed E-state index contributed by atoms with van der Waals surface area (Å²) in [5.41, 5.74) is 0.867. The Hall–Kier alpha value is -1.70. The Morgan fingerprint density at radius 2 is 1.68 bits per heavy atom. The molecule has 0 aromatic heterocycles. The lowest BCUT2D eigenvalue weighted by Gasteiger charge is -2.20. The van der Waals surface area contributed by atoms with Crippen LogP contribution in [0.3, 0.4) is 0 Å². The van der Waals surface area contributed by atoms with Gasteiger partial charge in [-0.15, -0.1) is 0 Å². The number of nitrogens with one attached hydrogen (secondary N) is 1. The number of aliphatic hydroxyl groups is 2. The van der Waals surface area contributed by atoms with E-state index in [0.29, 0.717) is 26.2 Å². The summed E-state index contributed by atoms with van der Waals surface area (Å²) in [7, 11) is 0. The van der Waals surface area contributed by atoms with E-state index >= 15 is 0 Å². The van der Waals surface area contributed by atoms with Gasteiger partial charge < -0.3 is 15.5 Å². The van der Waals surface area contributed by atoms with Gasteiger partial charge in [0.1, 0.15) is 0 Å². The molecule has 1 aromatic carbocycles. The van der Waals surface area contributed by atoms with E-state index in [1.807, 2.05) is 4.90 Å². The molecule has 0 amide bonds. The molecule has 0 atom stereocenters. The van der Waals surface area contributed by atoms with Crippen molar-refractivity contribution in [1.82, 2.24) is 4.90 Å². The Bertz CT molecular complexity index is 377. The predicted octanol–water partition coefficient (Wildman–Crippen LogP) is 0.293. The summed E-state index contributed by atoms with van der Waals surface area (Å²) in [6, 6.07) is 6.20. The first-order valence-corrected chi connectivity index (χ1v) is 6.09. The van der Waals surface area contributed by atoms with Crippen LogP contribution in [-0.2, 0) is 0 Å². The number of hydrogen-bond acceptors (Lipinski definition) is 6. The third-order valence-corrected chi connectivity index (χ3v) is 2.67. The van der Waals surface area contributed by atoms with E-state index in [9.17, 15) is 10.1 Å². The van der Waals surface area contributed by atoms with Crippen molar-refractivity contribution < 1.29 is 15.1 Å². The monoisotopic (exact) mass is 269 g/mol. The van der Waals surface area contributed by atoms with Crippen LogP contribution in [0.25, 0.3) is 0 Å². The first kappa shape index (κ1) is 15.4. The molecule has 7 heteroatoms. The van der Waals surface area contributed by atoms with Gasteiger partial charge in [0.15, 0.2) is 0 Å². The maximum absolute atomic E-state index is 10.5. The van der Waals surface area contributed by atoms with Gasteiger partial charge in [-0.2, -0.15) is 0 Å². The van der Waals surface area contributed by atoms with E-state index in [0.717, 1.165) is 5.69 Å². The molecule has 0 saturated heterocycles. The SMILES string of the molecule is O=[N+]([O-])c1ccc(NCCN(CCO)CCO)cc1. The minimum absolute atomic E-state index is 0.0531. The van der Waals surface area contributed by atoms with Crippen LogP contribution in [0.1, 0.15) is 0 Å². The molecule has 0 saturated carbocycles. The van der Waals surface area contributed by atoms with Crippen molar-refractivity contribution in [1.29, 1.82) is 0 Å². The molecule has 0 bridgehead atoms. The van der Waals surface area contributed by atoms with Crippen LogP contribution in [0.15, 0.2) is 24.3 Å². The average molecular weight is 269 g/mol. The number of rotatable bonds is 9. The fraction of sp³-hybridized carbons (Fsp3) is 0.500. The van der Waals surface area contributed by atoms with E-state index in [1.165, 1.54) is 12.1 Å². The zero-order chi connectivity index (χ0) is 14.1. The smallest absolute Gasteiger partial charge is 0.269 e. The van der Waals surface area contributed by atoms with Crippen LogP contribution in [0.5, 0.6) is 0 Å². The van der Waals surface area contributed by atoms with Crippen molar-refractivity contribution >= 4 is 11.4 Å². The quantitative estimate of drug-likeness (QED) is 0.440. The van der Waals surface area contributed by atoms with Gasteiger partial charge in [0.2, 0.25) is 0 Å². The number of nitro groups is 1. The van der Waals surface area contributed by atoms with Crippen LogP contribution >= 0.6 is 0 Å². The average Bonchev–Trinajstić information content (AvgIpc) is 2.40. The normalized spacial score (nSPS) is 10.7. The number of anilines is 1. The molecular formula is C12H19N3O4. The van der Waals surface area contributed by atoms with Crippen LogP contribution in [-0.4, -0.2) is 59.4 Å². The number of non-ortho nitro benzene ring substituents is 1. The van der Waals surface area contributed by atoms with Crippen molar-refractivity contribution in [3.63, 3.8) is 0 Å². The van der Waals surface area contributed by atoms with Gasteiger partial charge in [-0.3, -0.25) is 15.0 Å². The summed E-state index contributed by atoms with van der Waals surface area (Å²) in [5.74, 6) is 0. The van der Waals surface area contributed by atoms with Gasteiger partial charge in [-0.1, -0.05) is 0 Å². The highest BCUT2D eigenvalue weighted by molar-refractivity contribution is 5.48. The van der Waals surface area contributed by atoms with E-state index in [4.69, 9.17) is 10.2 Å². The number of nitro benzene ring substituents is 1. The standard InChI is InChI=1S/C12H19N3O4/c16-9-7-14(8-10-17)6-5-13-11-1-3-12(4-2-11)15(18)19/h1-4,13,16-17H,5-10H2. The first-order valence-electron chi connectivity index (χ1n) is 6.09. The zero-order valence-electron chi connectivity index (χ0n) is 10.7. The van der Waals surface area contributed by atoms with E-state index in [-0.39, 0.29) is 18.9 Å².